The second-order valence-corrected chi connectivity index (χ2v) is 4.20. The van der Waals surface area contributed by atoms with Crippen LogP contribution in [0.25, 0.3) is 0 Å². The van der Waals surface area contributed by atoms with Gasteiger partial charge in [-0.15, -0.1) is 0 Å². The summed E-state index contributed by atoms with van der Waals surface area (Å²) >= 11 is 6.00. The smallest absolute Gasteiger partial charge is 0.149 e. The Morgan fingerprint density at radius 1 is 1.41 bits per heavy atom. The summed E-state index contributed by atoms with van der Waals surface area (Å²) in [4.78, 5) is 4.03. The largest absolute Gasteiger partial charge is 0.278 e. The van der Waals surface area contributed by atoms with Crippen molar-refractivity contribution in [1.82, 2.24) is 5.43 Å². The zero-order valence-electron chi connectivity index (χ0n) is 8.77. The topological polar surface area (TPSA) is 27.6 Å². The molecule has 2 heterocycles. The minimum atomic E-state index is -0.360. The van der Waals surface area contributed by atoms with Crippen LogP contribution in [0.5, 0.6) is 0 Å². The Kier molecular flexibility index (Phi) is 2.46. The van der Waals surface area contributed by atoms with E-state index < -0.39 is 0 Å². The maximum absolute atomic E-state index is 13.7. The standard InChI is InChI=1S/C12H9ClFN3/c13-9-2-1-3-10(14)12(9)17-7-8-6-15-5-4-11(8)16-17/h1-7,11,16H. The lowest BCUT2D eigenvalue weighted by molar-refractivity contribution is 0.613. The molecule has 17 heavy (non-hydrogen) atoms. The van der Waals surface area contributed by atoms with E-state index in [2.05, 4.69) is 10.4 Å². The highest BCUT2D eigenvalue weighted by Crippen LogP contribution is 2.31. The molecule has 0 bridgehead atoms. The lowest BCUT2D eigenvalue weighted by Crippen LogP contribution is -2.36. The Morgan fingerprint density at radius 3 is 3.06 bits per heavy atom. The van der Waals surface area contributed by atoms with Gasteiger partial charge in [0.05, 0.1) is 11.1 Å². The van der Waals surface area contributed by atoms with Gasteiger partial charge in [-0.1, -0.05) is 17.7 Å². The van der Waals surface area contributed by atoms with Crippen molar-refractivity contribution in [3.8, 4) is 0 Å². The number of hydrazine groups is 1. The van der Waals surface area contributed by atoms with E-state index in [0.29, 0.717) is 10.7 Å². The molecule has 2 aliphatic rings. The van der Waals surface area contributed by atoms with Crippen LogP contribution in [0.15, 0.2) is 47.2 Å². The van der Waals surface area contributed by atoms with Crippen molar-refractivity contribution in [2.24, 2.45) is 4.99 Å². The number of fused-ring (bicyclic) bond motifs is 1. The molecule has 1 N–H and O–H groups in total. The Balaban J connectivity index is 2.00. The highest BCUT2D eigenvalue weighted by Gasteiger charge is 2.25. The van der Waals surface area contributed by atoms with Gasteiger partial charge in [0.15, 0.2) is 0 Å². The van der Waals surface area contributed by atoms with Crippen molar-refractivity contribution in [2.75, 3.05) is 5.01 Å². The third kappa shape index (κ3) is 1.75. The maximum Gasteiger partial charge on any atom is 0.149 e. The van der Waals surface area contributed by atoms with E-state index in [1.807, 2.05) is 6.08 Å². The van der Waals surface area contributed by atoms with Gasteiger partial charge in [-0.25, -0.2) is 9.82 Å². The van der Waals surface area contributed by atoms with E-state index in [-0.39, 0.29) is 11.9 Å². The van der Waals surface area contributed by atoms with E-state index in [0.717, 1.165) is 5.57 Å². The third-order valence-electron chi connectivity index (χ3n) is 2.68. The normalized spacial score (nSPS) is 21.6. The number of anilines is 1. The number of rotatable bonds is 1. The fraction of sp³-hybridized carbons (Fsp3) is 0.0833. The van der Waals surface area contributed by atoms with Gasteiger partial charge in [0.1, 0.15) is 11.5 Å². The lowest BCUT2D eigenvalue weighted by Gasteiger charge is -2.20. The van der Waals surface area contributed by atoms with E-state index in [1.54, 1.807) is 35.8 Å². The van der Waals surface area contributed by atoms with Gasteiger partial charge in [-0.2, -0.15) is 0 Å². The SMILES string of the molecule is Fc1cccc(Cl)c1N1C=C2C=NC=CC2N1. The van der Waals surface area contributed by atoms with E-state index in [4.69, 9.17) is 11.6 Å². The fourth-order valence-corrected chi connectivity index (χ4v) is 2.13. The molecule has 0 amide bonds. The summed E-state index contributed by atoms with van der Waals surface area (Å²) in [5, 5.41) is 1.97. The van der Waals surface area contributed by atoms with Crippen LogP contribution in [0.2, 0.25) is 5.02 Å². The van der Waals surface area contributed by atoms with Gasteiger partial charge in [0.25, 0.3) is 0 Å². The van der Waals surface area contributed by atoms with Crippen LogP contribution in [0.3, 0.4) is 0 Å². The van der Waals surface area contributed by atoms with Crippen molar-refractivity contribution in [3.05, 3.63) is 53.1 Å². The molecule has 1 aromatic rings. The number of aliphatic imine (C=N–C) groups is 1. The quantitative estimate of drug-likeness (QED) is 0.829. The molecular formula is C12H9ClFN3. The summed E-state index contributed by atoms with van der Waals surface area (Å²) in [6.45, 7) is 0. The number of para-hydroxylation sites is 1. The van der Waals surface area contributed by atoms with Gasteiger partial charge in [-0.05, 0) is 18.2 Å². The minimum Gasteiger partial charge on any atom is -0.278 e. The van der Waals surface area contributed by atoms with Crippen molar-refractivity contribution < 1.29 is 4.39 Å². The maximum atomic E-state index is 13.7. The molecule has 0 spiro atoms. The Bertz CT molecular complexity index is 530. The number of nitrogens with one attached hydrogen (secondary N) is 1. The van der Waals surface area contributed by atoms with Crippen molar-refractivity contribution in [3.63, 3.8) is 0 Å². The number of nitrogens with zero attached hydrogens (tertiary/aromatic N) is 2. The van der Waals surface area contributed by atoms with Crippen molar-refractivity contribution in [1.29, 1.82) is 0 Å². The molecule has 5 heteroatoms. The van der Waals surface area contributed by atoms with E-state index in [9.17, 15) is 4.39 Å². The molecule has 0 radical (unpaired) electrons. The van der Waals surface area contributed by atoms with Gasteiger partial charge >= 0.3 is 0 Å². The zero-order chi connectivity index (χ0) is 11.8. The monoisotopic (exact) mass is 249 g/mol. The summed E-state index contributed by atoms with van der Waals surface area (Å²) in [5.41, 5.74) is 4.44. The van der Waals surface area contributed by atoms with E-state index >= 15 is 0 Å². The van der Waals surface area contributed by atoms with Gasteiger partial charge in [-0.3, -0.25) is 10.0 Å². The van der Waals surface area contributed by atoms with Gasteiger partial charge in [0.2, 0.25) is 0 Å². The first kappa shape index (κ1) is 10.5. The molecule has 0 aromatic heterocycles. The Morgan fingerprint density at radius 2 is 2.29 bits per heavy atom. The lowest BCUT2D eigenvalue weighted by atomic mass is 10.1. The van der Waals surface area contributed by atoms with Crippen LogP contribution in [0.1, 0.15) is 0 Å². The van der Waals surface area contributed by atoms with Crippen LogP contribution in [0, 0.1) is 5.82 Å². The van der Waals surface area contributed by atoms with Gasteiger partial charge < -0.3 is 0 Å². The molecule has 2 aliphatic heterocycles. The molecule has 3 nitrogen and oxygen atoms in total. The predicted octanol–water partition coefficient (Wildman–Crippen LogP) is 2.65. The van der Waals surface area contributed by atoms with Crippen LogP contribution in [-0.4, -0.2) is 12.3 Å². The number of hydrogen-bond acceptors (Lipinski definition) is 3. The Hall–Kier alpha value is -1.65. The number of benzene rings is 1. The second kappa shape index (κ2) is 3.98. The Labute approximate surface area is 103 Å². The molecule has 0 fully saturated rings. The molecule has 86 valence electrons. The number of halogens is 2. The van der Waals surface area contributed by atoms with E-state index in [1.165, 1.54) is 6.07 Å². The van der Waals surface area contributed by atoms with Crippen LogP contribution >= 0.6 is 11.6 Å². The van der Waals surface area contributed by atoms with Crippen molar-refractivity contribution >= 4 is 23.5 Å². The highest BCUT2D eigenvalue weighted by atomic mass is 35.5. The summed E-state index contributed by atoms with van der Waals surface area (Å²) in [5.74, 6) is -0.360. The average molecular weight is 250 g/mol. The number of hydrogen-bond donors (Lipinski definition) is 1. The first-order chi connectivity index (χ1) is 8.25. The molecule has 1 atom stereocenters. The third-order valence-corrected chi connectivity index (χ3v) is 2.99. The first-order valence-electron chi connectivity index (χ1n) is 5.17. The molecule has 3 rings (SSSR count). The summed E-state index contributed by atoms with van der Waals surface area (Å²) in [7, 11) is 0. The summed E-state index contributed by atoms with van der Waals surface area (Å²) < 4.78 is 13.7. The van der Waals surface area contributed by atoms with Gasteiger partial charge in [0, 0.05) is 24.2 Å². The zero-order valence-corrected chi connectivity index (χ0v) is 9.53. The highest BCUT2D eigenvalue weighted by molar-refractivity contribution is 6.33. The second-order valence-electron chi connectivity index (χ2n) is 3.80. The molecular weight excluding hydrogens is 241 g/mol. The molecule has 1 aromatic carbocycles. The van der Waals surface area contributed by atoms with Crippen molar-refractivity contribution in [2.45, 2.75) is 6.04 Å². The predicted molar refractivity (Wildman–Crippen MR) is 66.5 cm³/mol. The molecule has 0 aliphatic carbocycles. The average Bonchev–Trinajstić information content (AvgIpc) is 2.71. The first-order valence-corrected chi connectivity index (χ1v) is 5.54. The summed E-state index contributed by atoms with van der Waals surface area (Å²) in [6, 6.07) is 4.65. The van der Waals surface area contributed by atoms with Crippen LogP contribution < -0.4 is 10.4 Å². The summed E-state index contributed by atoms with van der Waals surface area (Å²) in [6.07, 6.45) is 7.15. The van der Waals surface area contributed by atoms with Crippen LogP contribution in [0.4, 0.5) is 10.1 Å². The fourth-order valence-electron chi connectivity index (χ4n) is 1.87. The molecule has 0 saturated carbocycles. The van der Waals surface area contributed by atoms with Crippen LogP contribution in [-0.2, 0) is 0 Å². The molecule has 1 unspecified atom stereocenters. The molecule has 0 saturated heterocycles. The minimum absolute atomic E-state index is 0.0307.